The first-order valence-corrected chi connectivity index (χ1v) is 7.30. The van der Waals surface area contributed by atoms with E-state index in [2.05, 4.69) is 9.88 Å². The minimum Gasteiger partial charge on any atom is -0.370 e. The number of hydrogen-bond donors (Lipinski definition) is 0. The van der Waals surface area contributed by atoms with E-state index in [0.29, 0.717) is 5.69 Å². The third-order valence-electron chi connectivity index (χ3n) is 3.89. The van der Waals surface area contributed by atoms with Crippen molar-refractivity contribution in [3.05, 3.63) is 54.4 Å². The van der Waals surface area contributed by atoms with Crippen molar-refractivity contribution in [2.75, 3.05) is 29.9 Å². The van der Waals surface area contributed by atoms with E-state index in [1.807, 2.05) is 42.5 Å². The molecule has 0 bridgehead atoms. The lowest BCUT2D eigenvalue weighted by atomic mass is 10.2. The third-order valence-corrected chi connectivity index (χ3v) is 3.89. The Kier molecular flexibility index (Phi) is 3.86. The van der Waals surface area contributed by atoms with E-state index in [-0.39, 0.29) is 5.91 Å². The maximum atomic E-state index is 12.4. The van der Waals surface area contributed by atoms with E-state index in [1.54, 1.807) is 18.1 Å². The molecule has 0 radical (unpaired) electrons. The Balaban J connectivity index is 1.75. The first-order chi connectivity index (χ1) is 10.3. The molecule has 4 nitrogen and oxygen atoms in total. The second kappa shape index (κ2) is 5.95. The Morgan fingerprint density at radius 1 is 1.10 bits per heavy atom. The summed E-state index contributed by atoms with van der Waals surface area (Å²) in [7, 11) is 1.77. The van der Waals surface area contributed by atoms with Gasteiger partial charge in [0.1, 0.15) is 5.69 Å². The van der Waals surface area contributed by atoms with E-state index >= 15 is 0 Å². The van der Waals surface area contributed by atoms with Gasteiger partial charge in [0, 0.05) is 25.8 Å². The average Bonchev–Trinajstić information content (AvgIpc) is 3.09. The molecule has 1 aromatic carbocycles. The summed E-state index contributed by atoms with van der Waals surface area (Å²) in [6.45, 7) is 2.16. The Morgan fingerprint density at radius 3 is 2.43 bits per heavy atom. The Hall–Kier alpha value is -2.36. The number of pyridine rings is 1. The molecular weight excluding hydrogens is 262 g/mol. The van der Waals surface area contributed by atoms with Crippen LogP contribution in [0, 0.1) is 0 Å². The molecule has 1 aromatic heterocycles. The van der Waals surface area contributed by atoms with E-state index < -0.39 is 0 Å². The molecule has 2 aromatic rings. The third kappa shape index (κ3) is 2.89. The van der Waals surface area contributed by atoms with E-state index in [4.69, 9.17) is 0 Å². The highest BCUT2D eigenvalue weighted by Crippen LogP contribution is 2.20. The molecule has 108 valence electrons. The van der Waals surface area contributed by atoms with Crippen LogP contribution >= 0.6 is 0 Å². The summed E-state index contributed by atoms with van der Waals surface area (Å²) in [5.74, 6) is -0.0887. The van der Waals surface area contributed by atoms with Crippen LogP contribution in [0.15, 0.2) is 48.7 Å². The van der Waals surface area contributed by atoms with Gasteiger partial charge in [-0.1, -0.05) is 18.2 Å². The van der Waals surface area contributed by atoms with Gasteiger partial charge < -0.3 is 9.80 Å². The van der Waals surface area contributed by atoms with Gasteiger partial charge in [-0.2, -0.15) is 0 Å². The molecule has 4 heteroatoms. The monoisotopic (exact) mass is 281 g/mol. The Labute approximate surface area is 125 Å². The fourth-order valence-corrected chi connectivity index (χ4v) is 2.62. The molecule has 1 aliphatic rings. The van der Waals surface area contributed by atoms with Crippen LogP contribution < -0.4 is 9.80 Å². The molecule has 0 atom stereocenters. The average molecular weight is 281 g/mol. The molecule has 1 amide bonds. The molecule has 0 N–H and O–H groups in total. The fraction of sp³-hybridized carbons (Fsp3) is 0.294. The highest BCUT2D eigenvalue weighted by atomic mass is 16.2. The number of carbonyl (C=O) groups is 1. The van der Waals surface area contributed by atoms with Gasteiger partial charge in [0.05, 0.1) is 11.9 Å². The summed E-state index contributed by atoms with van der Waals surface area (Å²) in [5, 5.41) is 0. The second-order valence-electron chi connectivity index (χ2n) is 5.30. The number of carbonyl (C=O) groups excluding carboxylic acids is 1. The summed E-state index contributed by atoms with van der Waals surface area (Å²) < 4.78 is 0. The fourth-order valence-electron chi connectivity index (χ4n) is 2.62. The standard InChI is InChI=1S/C17H19N3O/c1-19(14-7-3-2-4-8-14)17(21)16-10-9-15(13-18-16)20-11-5-6-12-20/h2-4,7-10,13H,5-6,11-12H2,1H3. The maximum Gasteiger partial charge on any atom is 0.276 e. The van der Waals surface area contributed by atoms with Crippen molar-refractivity contribution < 1.29 is 4.79 Å². The number of rotatable bonds is 3. The highest BCUT2D eigenvalue weighted by molar-refractivity contribution is 6.04. The van der Waals surface area contributed by atoms with Gasteiger partial charge in [-0.05, 0) is 37.1 Å². The molecule has 0 saturated carbocycles. The predicted molar refractivity (Wildman–Crippen MR) is 84.9 cm³/mol. The number of anilines is 2. The molecule has 0 unspecified atom stereocenters. The number of nitrogens with zero attached hydrogens (tertiary/aromatic N) is 3. The van der Waals surface area contributed by atoms with Gasteiger partial charge in [-0.25, -0.2) is 4.98 Å². The second-order valence-corrected chi connectivity index (χ2v) is 5.30. The zero-order valence-electron chi connectivity index (χ0n) is 12.2. The summed E-state index contributed by atoms with van der Waals surface area (Å²) in [5.41, 5.74) is 2.45. The van der Waals surface area contributed by atoms with Crippen LogP contribution in [0.3, 0.4) is 0 Å². The summed E-state index contributed by atoms with van der Waals surface area (Å²) in [6.07, 6.45) is 4.27. The van der Waals surface area contributed by atoms with E-state index in [9.17, 15) is 4.79 Å². The van der Waals surface area contributed by atoms with Crippen molar-refractivity contribution in [2.45, 2.75) is 12.8 Å². The van der Waals surface area contributed by atoms with Crippen LogP contribution in [0.4, 0.5) is 11.4 Å². The summed E-state index contributed by atoms with van der Waals surface area (Å²) in [4.78, 5) is 20.7. The van der Waals surface area contributed by atoms with Crippen LogP contribution in [0.25, 0.3) is 0 Å². The van der Waals surface area contributed by atoms with Crippen molar-refractivity contribution in [1.82, 2.24) is 4.98 Å². The molecule has 2 heterocycles. The van der Waals surface area contributed by atoms with Crippen LogP contribution in [0.5, 0.6) is 0 Å². The molecule has 1 aliphatic heterocycles. The van der Waals surface area contributed by atoms with Crippen LogP contribution in [0.1, 0.15) is 23.3 Å². The van der Waals surface area contributed by atoms with Gasteiger partial charge in [0.25, 0.3) is 5.91 Å². The Morgan fingerprint density at radius 2 is 1.81 bits per heavy atom. The predicted octanol–water partition coefficient (Wildman–Crippen LogP) is 2.96. The van der Waals surface area contributed by atoms with Crippen molar-refractivity contribution in [1.29, 1.82) is 0 Å². The van der Waals surface area contributed by atoms with Crippen LogP contribution in [-0.2, 0) is 0 Å². The SMILES string of the molecule is CN(C(=O)c1ccc(N2CCCC2)cn1)c1ccccc1. The minimum absolute atomic E-state index is 0.0887. The number of amides is 1. The number of benzene rings is 1. The van der Waals surface area contributed by atoms with Crippen molar-refractivity contribution >= 4 is 17.3 Å². The van der Waals surface area contributed by atoms with Gasteiger partial charge in [0.15, 0.2) is 0 Å². The van der Waals surface area contributed by atoms with Crippen molar-refractivity contribution in [2.24, 2.45) is 0 Å². The van der Waals surface area contributed by atoms with E-state index in [0.717, 1.165) is 24.5 Å². The molecule has 1 fully saturated rings. The van der Waals surface area contributed by atoms with E-state index in [1.165, 1.54) is 12.8 Å². The first-order valence-electron chi connectivity index (χ1n) is 7.30. The lowest BCUT2D eigenvalue weighted by Gasteiger charge is -2.19. The smallest absolute Gasteiger partial charge is 0.276 e. The molecule has 1 saturated heterocycles. The quantitative estimate of drug-likeness (QED) is 0.868. The van der Waals surface area contributed by atoms with Gasteiger partial charge in [-0.15, -0.1) is 0 Å². The molecular formula is C17H19N3O. The van der Waals surface area contributed by atoms with Gasteiger partial charge in [0.2, 0.25) is 0 Å². The first kappa shape index (κ1) is 13.6. The van der Waals surface area contributed by atoms with Gasteiger partial charge in [-0.3, -0.25) is 4.79 Å². The Bertz CT molecular complexity index is 604. The zero-order chi connectivity index (χ0) is 14.7. The molecule has 0 spiro atoms. The van der Waals surface area contributed by atoms with Crippen LogP contribution in [-0.4, -0.2) is 31.0 Å². The lowest BCUT2D eigenvalue weighted by molar-refractivity contribution is 0.0988. The molecule has 3 rings (SSSR count). The zero-order valence-corrected chi connectivity index (χ0v) is 12.2. The number of hydrogen-bond acceptors (Lipinski definition) is 3. The summed E-state index contributed by atoms with van der Waals surface area (Å²) >= 11 is 0. The topological polar surface area (TPSA) is 36.4 Å². The number of para-hydroxylation sites is 1. The molecule has 0 aliphatic carbocycles. The summed E-state index contributed by atoms with van der Waals surface area (Å²) in [6, 6.07) is 13.4. The van der Waals surface area contributed by atoms with Crippen LogP contribution in [0.2, 0.25) is 0 Å². The largest absolute Gasteiger partial charge is 0.370 e. The normalized spacial score (nSPS) is 14.2. The minimum atomic E-state index is -0.0887. The lowest BCUT2D eigenvalue weighted by Crippen LogP contribution is -2.27. The number of aromatic nitrogens is 1. The van der Waals surface area contributed by atoms with Gasteiger partial charge >= 0.3 is 0 Å². The highest BCUT2D eigenvalue weighted by Gasteiger charge is 2.16. The van der Waals surface area contributed by atoms with Crippen molar-refractivity contribution in [3.63, 3.8) is 0 Å². The van der Waals surface area contributed by atoms with Crippen molar-refractivity contribution in [3.8, 4) is 0 Å². The maximum absolute atomic E-state index is 12.4. The molecule has 21 heavy (non-hydrogen) atoms.